The Hall–Kier alpha value is -2.41. The molecular formula is C14H13N3O3S. The van der Waals surface area contributed by atoms with E-state index in [2.05, 4.69) is 19.7 Å². The molecule has 0 aliphatic heterocycles. The summed E-state index contributed by atoms with van der Waals surface area (Å²) in [6, 6.07) is 12.0. The van der Waals surface area contributed by atoms with E-state index in [-0.39, 0.29) is 10.4 Å². The van der Waals surface area contributed by atoms with Gasteiger partial charge < -0.3 is 0 Å². The first-order valence-corrected chi connectivity index (χ1v) is 7.92. The first kappa shape index (κ1) is 13.6. The van der Waals surface area contributed by atoms with Gasteiger partial charge in [-0.1, -0.05) is 31.2 Å². The third kappa shape index (κ3) is 2.47. The Bertz CT molecular complexity index is 887. The number of fused-ring (bicyclic) bond motifs is 1. The van der Waals surface area contributed by atoms with E-state index >= 15 is 0 Å². The minimum Gasteiger partial charge on any atom is -0.279 e. The third-order valence-corrected chi connectivity index (χ3v) is 4.58. The molecule has 7 heteroatoms. The Morgan fingerprint density at radius 2 is 1.90 bits per heavy atom. The van der Waals surface area contributed by atoms with E-state index in [4.69, 9.17) is 0 Å². The van der Waals surface area contributed by atoms with Gasteiger partial charge in [0.05, 0.1) is 5.69 Å². The van der Waals surface area contributed by atoms with Crippen LogP contribution in [0.3, 0.4) is 0 Å². The summed E-state index contributed by atoms with van der Waals surface area (Å²) < 4.78 is 32.3. The second-order valence-electron chi connectivity index (χ2n) is 4.50. The van der Waals surface area contributed by atoms with Crippen LogP contribution in [-0.2, 0) is 16.4 Å². The first-order chi connectivity index (χ1) is 10.1. The van der Waals surface area contributed by atoms with Crippen molar-refractivity contribution in [3.63, 3.8) is 0 Å². The minimum absolute atomic E-state index is 0.0483. The fraction of sp³-hybridized carbons (Fsp3) is 0.143. The van der Waals surface area contributed by atoms with Crippen LogP contribution in [0, 0.1) is 0 Å². The number of para-hydroxylation sites is 1. The van der Waals surface area contributed by atoms with E-state index in [9.17, 15) is 8.42 Å². The highest BCUT2D eigenvalue weighted by atomic mass is 32.2. The Morgan fingerprint density at radius 3 is 2.71 bits per heavy atom. The average Bonchev–Trinajstić information content (AvgIpc) is 2.95. The standard InChI is InChI=1S/C14H13N3O3S/c1-2-10-6-3-4-7-11(10)17-21(18,19)13-9-5-8-12-14(13)16-20-15-12/h3-9,17H,2H2,1H3. The van der Waals surface area contributed by atoms with Gasteiger partial charge in [-0.05, 0) is 40.5 Å². The smallest absolute Gasteiger partial charge is 0.264 e. The molecule has 108 valence electrons. The van der Waals surface area contributed by atoms with E-state index in [0.717, 1.165) is 12.0 Å². The molecule has 6 nitrogen and oxygen atoms in total. The van der Waals surface area contributed by atoms with Crippen molar-refractivity contribution in [2.45, 2.75) is 18.2 Å². The molecule has 0 unspecified atom stereocenters. The van der Waals surface area contributed by atoms with Crippen molar-refractivity contribution in [1.82, 2.24) is 10.3 Å². The van der Waals surface area contributed by atoms with Gasteiger partial charge in [0, 0.05) is 0 Å². The molecule has 0 amide bonds. The monoisotopic (exact) mass is 303 g/mol. The highest BCUT2D eigenvalue weighted by Crippen LogP contribution is 2.24. The topological polar surface area (TPSA) is 85.1 Å². The van der Waals surface area contributed by atoms with Crippen LogP contribution in [0.4, 0.5) is 5.69 Å². The molecule has 1 N–H and O–H groups in total. The number of aryl methyl sites for hydroxylation is 1. The summed E-state index contributed by atoms with van der Waals surface area (Å²) in [7, 11) is -3.75. The van der Waals surface area contributed by atoms with Crippen LogP contribution in [0.1, 0.15) is 12.5 Å². The van der Waals surface area contributed by atoms with Crippen molar-refractivity contribution >= 4 is 26.7 Å². The lowest BCUT2D eigenvalue weighted by Crippen LogP contribution is -2.14. The SMILES string of the molecule is CCc1ccccc1NS(=O)(=O)c1cccc2nonc12. The van der Waals surface area contributed by atoms with Gasteiger partial charge in [0.1, 0.15) is 10.4 Å². The molecule has 0 radical (unpaired) electrons. The minimum atomic E-state index is -3.75. The molecule has 0 bridgehead atoms. The predicted molar refractivity (Wildman–Crippen MR) is 78.4 cm³/mol. The highest BCUT2D eigenvalue weighted by molar-refractivity contribution is 7.93. The summed E-state index contributed by atoms with van der Waals surface area (Å²) in [5.74, 6) is 0. The maximum absolute atomic E-state index is 12.6. The fourth-order valence-corrected chi connectivity index (χ4v) is 3.38. The van der Waals surface area contributed by atoms with Crippen molar-refractivity contribution in [3.8, 4) is 0 Å². The lowest BCUT2D eigenvalue weighted by atomic mass is 10.1. The Labute approximate surface area is 121 Å². The van der Waals surface area contributed by atoms with Crippen molar-refractivity contribution in [1.29, 1.82) is 0 Å². The molecule has 3 rings (SSSR count). The molecule has 0 aliphatic rings. The molecule has 0 aliphatic carbocycles. The molecule has 0 atom stereocenters. The summed E-state index contributed by atoms with van der Waals surface area (Å²) in [5.41, 5.74) is 2.11. The Morgan fingerprint density at radius 1 is 1.10 bits per heavy atom. The lowest BCUT2D eigenvalue weighted by Gasteiger charge is -2.11. The summed E-state index contributed by atoms with van der Waals surface area (Å²) in [6.45, 7) is 1.97. The fourth-order valence-electron chi connectivity index (χ4n) is 2.13. The second kappa shape index (κ2) is 5.17. The molecule has 1 heterocycles. The van der Waals surface area contributed by atoms with Crippen molar-refractivity contribution in [2.75, 3.05) is 4.72 Å². The summed E-state index contributed by atoms with van der Waals surface area (Å²) in [4.78, 5) is 0.0483. The van der Waals surface area contributed by atoms with Crippen LogP contribution in [0.15, 0.2) is 52.0 Å². The van der Waals surface area contributed by atoms with Gasteiger partial charge in [-0.25, -0.2) is 13.0 Å². The van der Waals surface area contributed by atoms with Gasteiger partial charge in [-0.3, -0.25) is 4.72 Å². The number of hydrogen-bond donors (Lipinski definition) is 1. The van der Waals surface area contributed by atoms with E-state index < -0.39 is 10.0 Å². The van der Waals surface area contributed by atoms with E-state index in [1.807, 2.05) is 19.1 Å². The molecule has 2 aromatic carbocycles. The van der Waals surface area contributed by atoms with Crippen LogP contribution in [0.25, 0.3) is 11.0 Å². The predicted octanol–water partition coefficient (Wildman–Crippen LogP) is 2.59. The molecule has 0 saturated heterocycles. The normalized spacial score (nSPS) is 11.7. The van der Waals surface area contributed by atoms with E-state index in [1.54, 1.807) is 24.3 Å². The molecule has 0 spiro atoms. The van der Waals surface area contributed by atoms with Crippen LogP contribution >= 0.6 is 0 Å². The lowest BCUT2D eigenvalue weighted by molar-refractivity contribution is 0.315. The third-order valence-electron chi connectivity index (χ3n) is 3.18. The van der Waals surface area contributed by atoms with Crippen molar-refractivity contribution in [3.05, 3.63) is 48.0 Å². The highest BCUT2D eigenvalue weighted by Gasteiger charge is 2.21. The molecule has 1 aromatic heterocycles. The number of aromatic nitrogens is 2. The number of nitrogens with one attached hydrogen (secondary N) is 1. The van der Waals surface area contributed by atoms with Crippen LogP contribution in [-0.4, -0.2) is 18.7 Å². The van der Waals surface area contributed by atoms with Crippen LogP contribution in [0.2, 0.25) is 0 Å². The maximum atomic E-state index is 12.6. The van der Waals surface area contributed by atoms with Gasteiger partial charge >= 0.3 is 0 Å². The summed E-state index contributed by atoms with van der Waals surface area (Å²) in [6.07, 6.45) is 0.731. The Kier molecular flexibility index (Phi) is 3.34. The molecule has 3 aromatic rings. The Balaban J connectivity index is 2.07. The zero-order valence-electron chi connectivity index (χ0n) is 11.3. The number of anilines is 1. The first-order valence-electron chi connectivity index (χ1n) is 6.44. The van der Waals surface area contributed by atoms with Gasteiger partial charge in [0.25, 0.3) is 10.0 Å². The molecule has 21 heavy (non-hydrogen) atoms. The zero-order valence-corrected chi connectivity index (χ0v) is 12.1. The second-order valence-corrected chi connectivity index (χ2v) is 6.16. The van der Waals surface area contributed by atoms with Crippen LogP contribution < -0.4 is 4.72 Å². The zero-order chi connectivity index (χ0) is 14.9. The van der Waals surface area contributed by atoms with Crippen molar-refractivity contribution < 1.29 is 13.0 Å². The quantitative estimate of drug-likeness (QED) is 0.800. The van der Waals surface area contributed by atoms with Gasteiger partial charge in [-0.2, -0.15) is 0 Å². The number of hydrogen-bond acceptors (Lipinski definition) is 5. The average molecular weight is 303 g/mol. The largest absolute Gasteiger partial charge is 0.279 e. The van der Waals surface area contributed by atoms with Gasteiger partial charge in [0.2, 0.25) is 0 Å². The number of sulfonamides is 1. The number of benzene rings is 2. The van der Waals surface area contributed by atoms with E-state index in [0.29, 0.717) is 11.2 Å². The number of rotatable bonds is 4. The summed E-state index contributed by atoms with van der Waals surface area (Å²) >= 11 is 0. The van der Waals surface area contributed by atoms with Crippen molar-refractivity contribution in [2.24, 2.45) is 0 Å². The molecule has 0 saturated carbocycles. The van der Waals surface area contributed by atoms with E-state index in [1.165, 1.54) is 6.07 Å². The maximum Gasteiger partial charge on any atom is 0.264 e. The molecular weight excluding hydrogens is 290 g/mol. The molecule has 0 fully saturated rings. The summed E-state index contributed by atoms with van der Waals surface area (Å²) in [5, 5.41) is 7.32. The van der Waals surface area contributed by atoms with Gasteiger partial charge in [0.15, 0.2) is 5.52 Å². The van der Waals surface area contributed by atoms with Crippen LogP contribution in [0.5, 0.6) is 0 Å². The number of nitrogens with zero attached hydrogens (tertiary/aromatic N) is 2. The van der Waals surface area contributed by atoms with Gasteiger partial charge in [-0.15, -0.1) is 0 Å².